The lowest BCUT2D eigenvalue weighted by molar-refractivity contribution is 0.865. The van der Waals surface area contributed by atoms with E-state index in [2.05, 4.69) is 59.7 Å². The first kappa shape index (κ1) is 13.0. The van der Waals surface area contributed by atoms with Crippen molar-refractivity contribution in [1.29, 1.82) is 5.26 Å². The third-order valence-electron chi connectivity index (χ3n) is 2.95. The van der Waals surface area contributed by atoms with Crippen LogP contribution in [0.4, 0.5) is 5.82 Å². The van der Waals surface area contributed by atoms with Gasteiger partial charge in [0.15, 0.2) is 5.82 Å². The molecular weight excluding hydrogens is 236 g/mol. The molecule has 0 unspecified atom stereocenters. The van der Waals surface area contributed by atoms with E-state index in [9.17, 15) is 0 Å². The molecule has 0 radical (unpaired) electrons. The van der Waals surface area contributed by atoms with Gasteiger partial charge < -0.3 is 5.32 Å². The number of aromatic nitrogens is 2. The minimum Gasteiger partial charge on any atom is -0.363 e. The number of benzene rings is 1. The Morgan fingerprint density at radius 3 is 2.58 bits per heavy atom. The molecule has 1 heterocycles. The van der Waals surface area contributed by atoms with Gasteiger partial charge in [-0.15, -0.1) is 5.10 Å². The van der Waals surface area contributed by atoms with Crippen LogP contribution in [0.25, 0.3) is 0 Å². The summed E-state index contributed by atoms with van der Waals surface area (Å²) in [6, 6.07) is 12.2. The summed E-state index contributed by atoms with van der Waals surface area (Å²) in [6.07, 6.45) is 1.52. The van der Waals surface area contributed by atoms with Gasteiger partial charge in [0, 0.05) is 6.54 Å². The number of nitrogens with one attached hydrogen (secondary N) is 1. The van der Waals surface area contributed by atoms with Crippen LogP contribution in [0.5, 0.6) is 0 Å². The molecule has 0 atom stereocenters. The Balaban J connectivity index is 2.04. The first-order chi connectivity index (χ1) is 9.20. The van der Waals surface area contributed by atoms with E-state index in [1.807, 2.05) is 0 Å². The third-order valence-corrected chi connectivity index (χ3v) is 2.95. The Labute approximate surface area is 113 Å². The van der Waals surface area contributed by atoms with Gasteiger partial charge in [0.1, 0.15) is 6.07 Å². The summed E-state index contributed by atoms with van der Waals surface area (Å²) in [6.45, 7) is 4.98. The molecule has 2 aromatic rings. The molecule has 0 bridgehead atoms. The maximum absolute atomic E-state index is 8.96. The Morgan fingerprint density at radius 2 is 1.95 bits per heavy atom. The topological polar surface area (TPSA) is 61.6 Å². The van der Waals surface area contributed by atoms with Crippen LogP contribution in [0.15, 0.2) is 36.5 Å². The normalized spacial score (nSPS) is 10.2. The van der Waals surface area contributed by atoms with Crippen LogP contribution in [0.2, 0.25) is 0 Å². The van der Waals surface area contributed by atoms with Crippen LogP contribution in [0.1, 0.15) is 36.5 Å². The smallest absolute Gasteiger partial charge is 0.166 e. The van der Waals surface area contributed by atoms with Crippen molar-refractivity contribution < 1.29 is 0 Å². The second kappa shape index (κ2) is 5.96. The lowest BCUT2D eigenvalue weighted by atomic mass is 10.0. The standard InChI is InChI=1S/C15H16N4/c1-11(2)13-5-3-12(4-6-13)10-17-15-14(9-16)7-8-18-19-15/h3-8,11H,10H2,1-2H3,(H,17,19). The molecule has 0 aliphatic rings. The highest BCUT2D eigenvalue weighted by Gasteiger charge is 2.03. The average Bonchev–Trinajstić information content (AvgIpc) is 2.45. The second-order valence-corrected chi connectivity index (χ2v) is 4.66. The summed E-state index contributed by atoms with van der Waals surface area (Å²) >= 11 is 0. The minimum absolute atomic E-state index is 0.508. The van der Waals surface area contributed by atoms with Crippen LogP contribution < -0.4 is 5.32 Å². The van der Waals surface area contributed by atoms with Gasteiger partial charge in [-0.25, -0.2) is 0 Å². The molecule has 0 amide bonds. The highest BCUT2D eigenvalue weighted by atomic mass is 15.2. The van der Waals surface area contributed by atoms with Crippen molar-refractivity contribution in [1.82, 2.24) is 10.2 Å². The molecule has 0 saturated heterocycles. The minimum atomic E-state index is 0.508. The summed E-state index contributed by atoms with van der Waals surface area (Å²) in [7, 11) is 0. The van der Waals surface area contributed by atoms with Crippen molar-refractivity contribution in [2.45, 2.75) is 26.3 Å². The van der Waals surface area contributed by atoms with Crippen LogP contribution in [0.3, 0.4) is 0 Å². The van der Waals surface area contributed by atoms with Crippen molar-refractivity contribution in [3.05, 3.63) is 53.2 Å². The van der Waals surface area contributed by atoms with Crippen LogP contribution in [-0.4, -0.2) is 10.2 Å². The summed E-state index contributed by atoms with van der Waals surface area (Å²) in [5.74, 6) is 1.06. The highest BCUT2D eigenvalue weighted by molar-refractivity contribution is 5.50. The molecule has 1 aromatic heterocycles. The molecule has 96 valence electrons. The lowest BCUT2D eigenvalue weighted by Crippen LogP contribution is -2.04. The molecule has 4 heteroatoms. The predicted molar refractivity (Wildman–Crippen MR) is 74.6 cm³/mol. The van der Waals surface area contributed by atoms with E-state index >= 15 is 0 Å². The number of hydrogen-bond donors (Lipinski definition) is 1. The molecule has 19 heavy (non-hydrogen) atoms. The lowest BCUT2D eigenvalue weighted by Gasteiger charge is -2.08. The molecule has 1 N–H and O–H groups in total. The maximum atomic E-state index is 8.96. The third kappa shape index (κ3) is 3.29. The predicted octanol–water partition coefficient (Wildman–Crippen LogP) is 3.08. The number of hydrogen-bond acceptors (Lipinski definition) is 4. The van der Waals surface area contributed by atoms with E-state index in [-0.39, 0.29) is 0 Å². The zero-order chi connectivity index (χ0) is 13.7. The SMILES string of the molecule is CC(C)c1ccc(CNc2nnccc2C#N)cc1. The monoisotopic (exact) mass is 252 g/mol. The first-order valence-corrected chi connectivity index (χ1v) is 6.25. The molecule has 0 fully saturated rings. The Kier molecular flexibility index (Phi) is 4.09. The Hall–Kier alpha value is -2.41. The fourth-order valence-corrected chi connectivity index (χ4v) is 1.76. The van der Waals surface area contributed by atoms with Crippen LogP contribution in [-0.2, 0) is 6.54 Å². The molecule has 4 nitrogen and oxygen atoms in total. The molecule has 0 saturated carbocycles. The van der Waals surface area contributed by atoms with Crippen molar-refractivity contribution in [2.75, 3.05) is 5.32 Å². The summed E-state index contributed by atoms with van der Waals surface area (Å²) in [5.41, 5.74) is 2.98. The molecular formula is C15H16N4. The van der Waals surface area contributed by atoms with Crippen LogP contribution in [0, 0.1) is 11.3 Å². The van der Waals surface area contributed by atoms with E-state index in [1.54, 1.807) is 6.07 Å². The van der Waals surface area contributed by atoms with Gasteiger partial charge in [-0.2, -0.15) is 10.4 Å². The molecule has 2 rings (SSSR count). The van der Waals surface area contributed by atoms with E-state index in [0.29, 0.717) is 23.8 Å². The molecule has 0 spiro atoms. The van der Waals surface area contributed by atoms with Crippen molar-refractivity contribution >= 4 is 5.82 Å². The number of anilines is 1. The summed E-state index contributed by atoms with van der Waals surface area (Å²) in [4.78, 5) is 0. The fourth-order valence-electron chi connectivity index (χ4n) is 1.76. The zero-order valence-electron chi connectivity index (χ0n) is 11.1. The quantitative estimate of drug-likeness (QED) is 0.908. The fraction of sp³-hybridized carbons (Fsp3) is 0.267. The molecule has 0 aliphatic heterocycles. The van der Waals surface area contributed by atoms with Gasteiger partial charge in [-0.05, 0) is 23.1 Å². The van der Waals surface area contributed by atoms with Crippen molar-refractivity contribution in [3.8, 4) is 6.07 Å². The highest BCUT2D eigenvalue weighted by Crippen LogP contribution is 2.16. The number of nitriles is 1. The van der Waals surface area contributed by atoms with Crippen molar-refractivity contribution in [3.63, 3.8) is 0 Å². The van der Waals surface area contributed by atoms with E-state index in [0.717, 1.165) is 5.56 Å². The summed E-state index contributed by atoms with van der Waals surface area (Å²) < 4.78 is 0. The number of nitrogens with zero attached hydrogens (tertiary/aromatic N) is 3. The van der Waals surface area contributed by atoms with E-state index in [1.165, 1.54) is 11.8 Å². The van der Waals surface area contributed by atoms with Gasteiger partial charge in [-0.3, -0.25) is 0 Å². The summed E-state index contributed by atoms with van der Waals surface area (Å²) in [5, 5.41) is 19.8. The first-order valence-electron chi connectivity index (χ1n) is 6.25. The Morgan fingerprint density at radius 1 is 1.21 bits per heavy atom. The van der Waals surface area contributed by atoms with Crippen molar-refractivity contribution in [2.24, 2.45) is 0 Å². The second-order valence-electron chi connectivity index (χ2n) is 4.66. The number of rotatable bonds is 4. The van der Waals surface area contributed by atoms with Gasteiger partial charge in [0.05, 0.1) is 11.8 Å². The van der Waals surface area contributed by atoms with E-state index < -0.39 is 0 Å². The van der Waals surface area contributed by atoms with Gasteiger partial charge in [0.2, 0.25) is 0 Å². The molecule has 1 aromatic carbocycles. The van der Waals surface area contributed by atoms with Gasteiger partial charge >= 0.3 is 0 Å². The average molecular weight is 252 g/mol. The Bertz CT molecular complexity index is 582. The van der Waals surface area contributed by atoms with Gasteiger partial charge in [0.25, 0.3) is 0 Å². The van der Waals surface area contributed by atoms with Crippen LogP contribution >= 0.6 is 0 Å². The van der Waals surface area contributed by atoms with Gasteiger partial charge in [-0.1, -0.05) is 38.1 Å². The largest absolute Gasteiger partial charge is 0.363 e. The molecule has 0 aliphatic carbocycles. The maximum Gasteiger partial charge on any atom is 0.166 e. The zero-order valence-corrected chi connectivity index (χ0v) is 11.1. The van der Waals surface area contributed by atoms with E-state index in [4.69, 9.17) is 5.26 Å².